The first-order valence-corrected chi connectivity index (χ1v) is 8.17. The molecule has 0 bridgehead atoms. The molecule has 0 aliphatic heterocycles. The van der Waals surface area contributed by atoms with Crippen molar-refractivity contribution in [3.05, 3.63) is 34.7 Å². The van der Waals surface area contributed by atoms with E-state index in [9.17, 15) is 13.2 Å². The third-order valence-corrected chi connectivity index (χ3v) is 4.76. The first-order chi connectivity index (χ1) is 11.3. The molecule has 1 heterocycles. The fourth-order valence-corrected chi connectivity index (χ4v) is 3.14. The molecule has 0 fully saturated rings. The Balaban J connectivity index is 2.28. The molecule has 0 atom stereocenters. The minimum absolute atomic E-state index is 0.311. The molecule has 8 heteroatoms. The molecule has 2 rings (SSSR count). The molecule has 3 N–H and O–H groups in total. The Morgan fingerprint density at radius 3 is 2.50 bits per heavy atom. The summed E-state index contributed by atoms with van der Waals surface area (Å²) in [4.78, 5) is 1.35. The highest BCUT2D eigenvalue weighted by Gasteiger charge is 2.32. The van der Waals surface area contributed by atoms with Crippen molar-refractivity contribution in [2.24, 2.45) is 0 Å². The molecular formula is C16H20F3N3OS. The minimum Gasteiger partial charge on any atom is -0.496 e. The Kier molecular flexibility index (Phi) is 5.48. The number of thiophene rings is 1. The van der Waals surface area contributed by atoms with Gasteiger partial charge in [-0.2, -0.15) is 13.2 Å². The monoisotopic (exact) mass is 359 g/mol. The highest BCUT2D eigenvalue weighted by molar-refractivity contribution is 7.16. The normalized spacial score (nSPS) is 11.4. The summed E-state index contributed by atoms with van der Waals surface area (Å²) in [5.74, 6) is 0.639. The van der Waals surface area contributed by atoms with Gasteiger partial charge in [-0.15, -0.1) is 11.3 Å². The highest BCUT2D eigenvalue weighted by atomic mass is 32.1. The number of ether oxygens (including phenoxy) is 1. The van der Waals surface area contributed by atoms with E-state index < -0.39 is 11.1 Å². The summed E-state index contributed by atoms with van der Waals surface area (Å²) >= 11 is 0.675. The lowest BCUT2D eigenvalue weighted by molar-refractivity contribution is -0.134. The fourth-order valence-electron chi connectivity index (χ4n) is 2.37. The van der Waals surface area contributed by atoms with Crippen LogP contribution in [0.15, 0.2) is 24.3 Å². The zero-order valence-electron chi connectivity index (χ0n) is 13.7. The van der Waals surface area contributed by atoms with Crippen LogP contribution in [0, 0.1) is 0 Å². The first-order valence-electron chi connectivity index (χ1n) is 7.35. The fraction of sp³-hybridized carbons (Fsp3) is 0.375. The van der Waals surface area contributed by atoms with E-state index in [0.717, 1.165) is 23.9 Å². The third kappa shape index (κ3) is 3.87. The van der Waals surface area contributed by atoms with E-state index in [-0.39, 0.29) is 0 Å². The number of methoxy groups -OCH3 is 1. The van der Waals surface area contributed by atoms with Crippen LogP contribution in [-0.4, -0.2) is 20.7 Å². The second-order valence-electron chi connectivity index (χ2n) is 5.21. The summed E-state index contributed by atoms with van der Waals surface area (Å²) in [6.07, 6.45) is -4.33. The number of hydrogen-bond acceptors (Lipinski definition) is 5. The Morgan fingerprint density at radius 1 is 1.25 bits per heavy atom. The van der Waals surface area contributed by atoms with Crippen molar-refractivity contribution in [1.29, 1.82) is 0 Å². The van der Waals surface area contributed by atoms with Crippen LogP contribution in [0.25, 0.3) is 0 Å². The van der Waals surface area contributed by atoms with E-state index >= 15 is 0 Å². The van der Waals surface area contributed by atoms with Gasteiger partial charge < -0.3 is 20.7 Å². The van der Waals surface area contributed by atoms with Gasteiger partial charge in [0.05, 0.1) is 23.5 Å². The second-order valence-corrected chi connectivity index (χ2v) is 6.30. The van der Waals surface area contributed by atoms with Gasteiger partial charge in [0.15, 0.2) is 0 Å². The minimum atomic E-state index is -4.33. The van der Waals surface area contributed by atoms with Crippen molar-refractivity contribution in [2.75, 3.05) is 36.7 Å². The maximum absolute atomic E-state index is 12.7. The average molecular weight is 359 g/mol. The Bertz CT molecular complexity index is 700. The molecule has 1 aromatic carbocycles. The van der Waals surface area contributed by atoms with Gasteiger partial charge in [0, 0.05) is 25.7 Å². The van der Waals surface area contributed by atoms with E-state index in [1.165, 1.54) is 6.07 Å². The standard InChI is InChI=1S/C16H20F3N3OS/c1-4-22(2)15-10(12(23-3)6-5-11(15)20)9-21-14-8-7-13(24-14)16(17,18)19/h5-8,21H,4,9,20H2,1-3H3. The Hall–Kier alpha value is -2.09. The van der Waals surface area contributed by atoms with Gasteiger partial charge in [0.1, 0.15) is 10.6 Å². The van der Waals surface area contributed by atoms with E-state index in [1.54, 1.807) is 19.2 Å². The summed E-state index contributed by atoms with van der Waals surface area (Å²) in [5.41, 5.74) is 8.30. The van der Waals surface area contributed by atoms with Gasteiger partial charge >= 0.3 is 6.18 Å². The van der Waals surface area contributed by atoms with Crippen LogP contribution in [0.1, 0.15) is 17.4 Å². The predicted octanol–water partition coefficient (Wildman–Crippen LogP) is 4.43. The second kappa shape index (κ2) is 7.21. The molecule has 2 aromatic rings. The van der Waals surface area contributed by atoms with E-state index in [0.29, 0.717) is 34.3 Å². The van der Waals surface area contributed by atoms with Crippen molar-refractivity contribution in [1.82, 2.24) is 0 Å². The number of hydrogen-bond donors (Lipinski definition) is 2. The number of rotatable bonds is 6. The quantitative estimate of drug-likeness (QED) is 0.750. The summed E-state index contributed by atoms with van der Waals surface area (Å²) in [6.45, 7) is 3.04. The molecule has 1 aromatic heterocycles. The van der Waals surface area contributed by atoms with Crippen molar-refractivity contribution in [3.8, 4) is 5.75 Å². The SMILES string of the molecule is CCN(C)c1c(N)ccc(OC)c1CNc1ccc(C(F)(F)F)s1. The van der Waals surface area contributed by atoms with Crippen LogP contribution in [-0.2, 0) is 12.7 Å². The van der Waals surface area contributed by atoms with Crippen LogP contribution in [0.2, 0.25) is 0 Å². The maximum Gasteiger partial charge on any atom is 0.425 e. The van der Waals surface area contributed by atoms with Crippen LogP contribution in [0.3, 0.4) is 0 Å². The summed E-state index contributed by atoms with van der Waals surface area (Å²) in [6, 6.07) is 6.02. The molecule has 0 unspecified atom stereocenters. The van der Waals surface area contributed by atoms with Crippen molar-refractivity contribution >= 4 is 27.7 Å². The van der Waals surface area contributed by atoms with Gasteiger partial charge in [-0.1, -0.05) is 0 Å². The smallest absolute Gasteiger partial charge is 0.425 e. The van der Waals surface area contributed by atoms with Crippen molar-refractivity contribution < 1.29 is 17.9 Å². The number of benzene rings is 1. The molecular weight excluding hydrogens is 339 g/mol. The lowest BCUT2D eigenvalue weighted by Gasteiger charge is -2.24. The van der Waals surface area contributed by atoms with E-state index in [2.05, 4.69) is 5.32 Å². The lowest BCUT2D eigenvalue weighted by Crippen LogP contribution is -2.20. The van der Waals surface area contributed by atoms with Crippen molar-refractivity contribution in [2.45, 2.75) is 19.6 Å². The number of halogens is 3. The summed E-state index contributed by atoms with van der Waals surface area (Å²) in [7, 11) is 3.46. The molecule has 0 saturated carbocycles. The number of nitrogen functional groups attached to an aromatic ring is 1. The number of alkyl halides is 3. The topological polar surface area (TPSA) is 50.5 Å². The number of nitrogens with one attached hydrogen (secondary N) is 1. The molecule has 0 amide bonds. The Labute approximate surface area is 143 Å². The van der Waals surface area contributed by atoms with Gasteiger partial charge in [-0.3, -0.25) is 0 Å². The van der Waals surface area contributed by atoms with Crippen LogP contribution < -0.4 is 20.7 Å². The zero-order valence-corrected chi connectivity index (χ0v) is 14.5. The maximum atomic E-state index is 12.7. The van der Waals surface area contributed by atoms with E-state index in [4.69, 9.17) is 10.5 Å². The van der Waals surface area contributed by atoms with Crippen LogP contribution in [0.5, 0.6) is 5.75 Å². The molecule has 0 aliphatic carbocycles. The molecule has 0 saturated heterocycles. The Morgan fingerprint density at radius 2 is 1.96 bits per heavy atom. The largest absolute Gasteiger partial charge is 0.496 e. The zero-order chi connectivity index (χ0) is 17.9. The lowest BCUT2D eigenvalue weighted by atomic mass is 10.1. The van der Waals surface area contributed by atoms with Gasteiger partial charge in [-0.05, 0) is 31.2 Å². The van der Waals surface area contributed by atoms with Gasteiger partial charge in [-0.25, -0.2) is 0 Å². The first kappa shape index (κ1) is 18.3. The molecule has 0 aliphatic rings. The molecule has 24 heavy (non-hydrogen) atoms. The van der Waals surface area contributed by atoms with Gasteiger partial charge in [0.2, 0.25) is 0 Å². The number of nitrogens with zero attached hydrogens (tertiary/aromatic N) is 1. The van der Waals surface area contributed by atoms with E-state index in [1.807, 2.05) is 18.9 Å². The summed E-state index contributed by atoms with van der Waals surface area (Å²) in [5, 5.41) is 3.47. The molecule has 0 spiro atoms. The number of anilines is 3. The van der Waals surface area contributed by atoms with Crippen LogP contribution >= 0.6 is 11.3 Å². The summed E-state index contributed by atoms with van der Waals surface area (Å²) < 4.78 is 43.5. The molecule has 0 radical (unpaired) electrons. The third-order valence-electron chi connectivity index (χ3n) is 3.67. The molecule has 4 nitrogen and oxygen atoms in total. The van der Waals surface area contributed by atoms with Crippen molar-refractivity contribution in [3.63, 3.8) is 0 Å². The highest BCUT2D eigenvalue weighted by Crippen LogP contribution is 2.38. The van der Waals surface area contributed by atoms with Gasteiger partial charge in [0.25, 0.3) is 0 Å². The molecule has 132 valence electrons. The predicted molar refractivity (Wildman–Crippen MR) is 93.0 cm³/mol. The van der Waals surface area contributed by atoms with Crippen LogP contribution in [0.4, 0.5) is 29.5 Å². The average Bonchev–Trinajstić information content (AvgIpc) is 3.01. The number of nitrogens with two attached hydrogens (primary N) is 1.